The van der Waals surface area contributed by atoms with Crippen molar-refractivity contribution in [1.82, 2.24) is 10.2 Å². The van der Waals surface area contributed by atoms with Gasteiger partial charge in [-0.1, -0.05) is 12.1 Å². The van der Waals surface area contributed by atoms with Crippen LogP contribution in [-0.4, -0.2) is 47.4 Å². The number of hydrogen-bond donors (Lipinski definition) is 3. The predicted octanol–water partition coefficient (Wildman–Crippen LogP) is -0.114. The summed E-state index contributed by atoms with van der Waals surface area (Å²) < 4.78 is 0. The molecule has 7 nitrogen and oxygen atoms in total. The van der Waals surface area contributed by atoms with Gasteiger partial charge in [0, 0.05) is 26.1 Å². The molecule has 7 heteroatoms. The number of carbonyl (C=O) groups excluding carboxylic acids is 2. The standard InChI is InChI=1S/C12H22N4O3/c1-4-12(2,10(13)15-19)11(18)14-8-5-6-9(17)16(3)7-8/h8,19H,4-7H2,1-3H3,(H2,13,15)(H,14,18). The van der Waals surface area contributed by atoms with Crippen molar-refractivity contribution in [2.24, 2.45) is 16.3 Å². The van der Waals surface area contributed by atoms with Crippen molar-refractivity contribution in [1.29, 1.82) is 0 Å². The lowest BCUT2D eigenvalue weighted by Gasteiger charge is -2.33. The zero-order valence-corrected chi connectivity index (χ0v) is 11.6. The number of carbonyl (C=O) groups is 2. The highest BCUT2D eigenvalue weighted by molar-refractivity contribution is 6.06. The average Bonchev–Trinajstić information content (AvgIpc) is 2.40. The highest BCUT2D eigenvalue weighted by Crippen LogP contribution is 2.22. The van der Waals surface area contributed by atoms with Crippen molar-refractivity contribution >= 4 is 17.6 Å². The van der Waals surface area contributed by atoms with Crippen molar-refractivity contribution < 1.29 is 14.8 Å². The van der Waals surface area contributed by atoms with E-state index in [1.807, 2.05) is 0 Å². The summed E-state index contributed by atoms with van der Waals surface area (Å²) in [4.78, 5) is 25.2. The minimum absolute atomic E-state index is 0.0835. The van der Waals surface area contributed by atoms with Gasteiger partial charge in [0.25, 0.3) is 0 Å². The molecule has 0 aromatic heterocycles. The van der Waals surface area contributed by atoms with E-state index in [1.165, 1.54) is 0 Å². The van der Waals surface area contributed by atoms with Crippen molar-refractivity contribution in [2.45, 2.75) is 39.2 Å². The molecular weight excluding hydrogens is 248 g/mol. The summed E-state index contributed by atoms with van der Waals surface area (Å²) in [6.07, 6.45) is 1.47. The van der Waals surface area contributed by atoms with E-state index >= 15 is 0 Å². The van der Waals surface area contributed by atoms with E-state index in [0.29, 0.717) is 25.8 Å². The van der Waals surface area contributed by atoms with Crippen LogP contribution in [0.5, 0.6) is 0 Å². The van der Waals surface area contributed by atoms with Crippen LogP contribution < -0.4 is 11.1 Å². The van der Waals surface area contributed by atoms with Crippen LogP contribution in [0.3, 0.4) is 0 Å². The molecule has 2 atom stereocenters. The molecule has 0 aromatic rings. The van der Waals surface area contributed by atoms with E-state index in [-0.39, 0.29) is 23.7 Å². The van der Waals surface area contributed by atoms with Gasteiger partial charge < -0.3 is 21.2 Å². The molecule has 1 aliphatic heterocycles. The summed E-state index contributed by atoms with van der Waals surface area (Å²) in [5.74, 6) is -0.300. The lowest BCUT2D eigenvalue weighted by molar-refractivity contribution is -0.135. The van der Waals surface area contributed by atoms with Crippen molar-refractivity contribution in [2.75, 3.05) is 13.6 Å². The molecule has 0 spiro atoms. The Hall–Kier alpha value is -1.79. The molecule has 0 aromatic carbocycles. The van der Waals surface area contributed by atoms with Crippen LogP contribution >= 0.6 is 0 Å². The van der Waals surface area contributed by atoms with Gasteiger partial charge in [0.2, 0.25) is 11.8 Å². The van der Waals surface area contributed by atoms with Gasteiger partial charge in [-0.2, -0.15) is 0 Å². The van der Waals surface area contributed by atoms with Gasteiger partial charge >= 0.3 is 0 Å². The molecule has 0 saturated carbocycles. The van der Waals surface area contributed by atoms with E-state index in [1.54, 1.807) is 25.8 Å². The fourth-order valence-corrected chi connectivity index (χ4v) is 2.04. The van der Waals surface area contributed by atoms with E-state index in [2.05, 4.69) is 10.5 Å². The minimum atomic E-state index is -1.03. The number of likely N-dealkylation sites (tertiary alicyclic amines) is 1. The zero-order chi connectivity index (χ0) is 14.6. The molecule has 19 heavy (non-hydrogen) atoms. The summed E-state index contributed by atoms with van der Waals surface area (Å²) in [6, 6.07) is -0.0902. The molecule has 0 radical (unpaired) electrons. The first-order chi connectivity index (χ1) is 8.85. The number of rotatable bonds is 4. The van der Waals surface area contributed by atoms with Crippen molar-refractivity contribution in [3.05, 3.63) is 0 Å². The second-order valence-electron chi connectivity index (χ2n) is 5.15. The maximum atomic E-state index is 12.3. The Bertz CT molecular complexity index is 396. The van der Waals surface area contributed by atoms with Crippen molar-refractivity contribution in [3.8, 4) is 0 Å². The third-order valence-electron chi connectivity index (χ3n) is 3.84. The Kier molecular flexibility index (Phi) is 4.74. The summed E-state index contributed by atoms with van der Waals surface area (Å²) in [5.41, 5.74) is 4.56. The first-order valence-corrected chi connectivity index (χ1v) is 6.38. The lowest BCUT2D eigenvalue weighted by atomic mass is 9.84. The number of amides is 2. The summed E-state index contributed by atoms with van der Waals surface area (Å²) in [7, 11) is 1.71. The predicted molar refractivity (Wildman–Crippen MR) is 70.6 cm³/mol. The molecule has 2 amide bonds. The normalized spacial score (nSPS) is 23.9. The molecule has 0 aliphatic carbocycles. The number of likely N-dealkylation sites (N-methyl/N-ethyl adjacent to an activating group) is 1. The Morgan fingerprint density at radius 1 is 1.68 bits per heavy atom. The fourth-order valence-electron chi connectivity index (χ4n) is 2.04. The van der Waals surface area contributed by atoms with Gasteiger partial charge in [0.05, 0.1) is 0 Å². The van der Waals surface area contributed by atoms with Gasteiger partial charge in [0.1, 0.15) is 5.41 Å². The molecule has 1 rings (SSSR count). The maximum Gasteiger partial charge on any atom is 0.233 e. The summed E-state index contributed by atoms with van der Waals surface area (Å²) >= 11 is 0. The van der Waals surface area contributed by atoms with E-state index < -0.39 is 5.41 Å². The molecular formula is C12H22N4O3. The summed E-state index contributed by atoms with van der Waals surface area (Å²) in [6.45, 7) is 3.92. The molecule has 1 saturated heterocycles. The fraction of sp³-hybridized carbons (Fsp3) is 0.750. The van der Waals surface area contributed by atoms with Gasteiger partial charge in [-0.25, -0.2) is 0 Å². The van der Waals surface area contributed by atoms with Gasteiger partial charge in [0.15, 0.2) is 5.84 Å². The first kappa shape index (κ1) is 15.3. The molecule has 108 valence electrons. The van der Waals surface area contributed by atoms with Crippen LogP contribution in [-0.2, 0) is 9.59 Å². The monoisotopic (exact) mass is 270 g/mol. The minimum Gasteiger partial charge on any atom is -0.409 e. The second kappa shape index (κ2) is 5.90. The smallest absolute Gasteiger partial charge is 0.233 e. The first-order valence-electron chi connectivity index (χ1n) is 6.38. The quantitative estimate of drug-likeness (QED) is 0.286. The molecule has 4 N–H and O–H groups in total. The van der Waals surface area contributed by atoms with E-state index in [4.69, 9.17) is 10.9 Å². The summed E-state index contributed by atoms with van der Waals surface area (Å²) in [5, 5.41) is 14.6. The van der Waals surface area contributed by atoms with Crippen LogP contribution in [0.25, 0.3) is 0 Å². The average molecular weight is 270 g/mol. The second-order valence-corrected chi connectivity index (χ2v) is 5.15. The Balaban J connectivity index is 2.71. The third-order valence-corrected chi connectivity index (χ3v) is 3.84. The van der Waals surface area contributed by atoms with Crippen LogP contribution in [0.1, 0.15) is 33.1 Å². The van der Waals surface area contributed by atoms with Crippen molar-refractivity contribution in [3.63, 3.8) is 0 Å². The molecule has 2 unspecified atom stereocenters. The van der Waals surface area contributed by atoms with E-state index in [0.717, 1.165) is 0 Å². The van der Waals surface area contributed by atoms with Crippen LogP contribution in [0, 0.1) is 5.41 Å². The molecule has 1 fully saturated rings. The lowest BCUT2D eigenvalue weighted by Crippen LogP contribution is -2.54. The molecule has 1 aliphatic rings. The Morgan fingerprint density at radius 3 is 2.79 bits per heavy atom. The number of nitrogens with two attached hydrogens (primary N) is 1. The number of oxime groups is 1. The largest absolute Gasteiger partial charge is 0.409 e. The highest BCUT2D eigenvalue weighted by atomic mass is 16.4. The van der Waals surface area contributed by atoms with Gasteiger partial charge in [-0.15, -0.1) is 0 Å². The van der Waals surface area contributed by atoms with Gasteiger partial charge in [-0.05, 0) is 19.8 Å². The Labute approximate surface area is 112 Å². The maximum absolute atomic E-state index is 12.3. The number of piperidine rings is 1. The molecule has 1 heterocycles. The number of hydrogen-bond acceptors (Lipinski definition) is 4. The SMILES string of the molecule is CCC(C)(C(=O)NC1CCC(=O)N(C)C1)C(N)=NO. The Morgan fingerprint density at radius 2 is 2.32 bits per heavy atom. The third kappa shape index (κ3) is 3.15. The number of amidine groups is 1. The van der Waals surface area contributed by atoms with E-state index in [9.17, 15) is 9.59 Å². The van der Waals surface area contributed by atoms with Crippen LogP contribution in [0.2, 0.25) is 0 Å². The highest BCUT2D eigenvalue weighted by Gasteiger charge is 2.38. The molecule has 0 bridgehead atoms. The van der Waals surface area contributed by atoms with Crippen LogP contribution in [0.4, 0.5) is 0 Å². The van der Waals surface area contributed by atoms with Gasteiger partial charge in [-0.3, -0.25) is 9.59 Å². The topological polar surface area (TPSA) is 108 Å². The number of nitrogens with zero attached hydrogens (tertiary/aromatic N) is 2. The van der Waals surface area contributed by atoms with Crippen LogP contribution in [0.15, 0.2) is 5.16 Å². The zero-order valence-electron chi connectivity index (χ0n) is 11.6. The number of nitrogens with one attached hydrogen (secondary N) is 1.